The van der Waals surface area contributed by atoms with Crippen LogP contribution in [0.5, 0.6) is 0 Å². The molecule has 2 rings (SSSR count). The van der Waals surface area contributed by atoms with Gasteiger partial charge in [-0.15, -0.1) is 11.6 Å². The summed E-state index contributed by atoms with van der Waals surface area (Å²) < 4.78 is 0. The van der Waals surface area contributed by atoms with E-state index < -0.39 is 4.92 Å². The molecule has 0 aliphatic carbocycles. The maximum Gasteiger partial charge on any atom is 0.269 e. The number of benzene rings is 1. The molecule has 1 N–H and O–H groups in total. The summed E-state index contributed by atoms with van der Waals surface area (Å²) in [6.07, 6.45) is 2.01. The summed E-state index contributed by atoms with van der Waals surface area (Å²) in [5, 5.41) is 13.5. The number of nitrogens with zero attached hydrogens (tertiary/aromatic N) is 1. The van der Waals surface area contributed by atoms with Gasteiger partial charge >= 0.3 is 0 Å². The van der Waals surface area contributed by atoms with Crippen LogP contribution in [-0.4, -0.2) is 16.7 Å². The van der Waals surface area contributed by atoms with E-state index >= 15 is 0 Å². The first-order valence-electron chi connectivity index (χ1n) is 5.76. The van der Waals surface area contributed by atoms with E-state index in [2.05, 4.69) is 5.32 Å². The second kappa shape index (κ2) is 5.35. The lowest BCUT2D eigenvalue weighted by atomic mass is 9.90. The maximum atomic E-state index is 11.8. The Morgan fingerprint density at radius 1 is 1.50 bits per heavy atom. The number of rotatable bonds is 4. The molecule has 1 aromatic carbocycles. The number of anilines is 1. The molecular weight excluding hydrogens is 256 g/mol. The fourth-order valence-corrected chi connectivity index (χ4v) is 2.29. The number of nitro groups is 1. The Morgan fingerprint density at radius 3 is 2.94 bits per heavy atom. The second-order valence-electron chi connectivity index (χ2n) is 4.32. The number of carbonyl (C=O) groups excluding carboxylic acids is 1. The maximum absolute atomic E-state index is 11.8. The average Bonchev–Trinajstić information content (AvgIpc) is 2.35. The van der Waals surface area contributed by atoms with Crippen LogP contribution in [0.15, 0.2) is 18.2 Å². The Morgan fingerprint density at radius 2 is 2.28 bits per heavy atom. The summed E-state index contributed by atoms with van der Waals surface area (Å²) in [5.74, 6) is 0.352. The van der Waals surface area contributed by atoms with Crippen molar-refractivity contribution in [1.82, 2.24) is 0 Å². The van der Waals surface area contributed by atoms with Crippen molar-refractivity contribution in [2.24, 2.45) is 5.92 Å². The summed E-state index contributed by atoms with van der Waals surface area (Å²) >= 11 is 5.61. The standard InChI is InChI=1S/C12H13ClN2O3/c13-5-1-2-8-6-9-7-10(15(17)18)3-4-11(9)14-12(8)16/h3-4,7-8H,1-2,5-6H2,(H,14,16). The van der Waals surface area contributed by atoms with Gasteiger partial charge < -0.3 is 5.32 Å². The van der Waals surface area contributed by atoms with Crippen molar-refractivity contribution in [3.63, 3.8) is 0 Å². The molecule has 0 saturated heterocycles. The number of hydrogen-bond donors (Lipinski definition) is 1. The third-order valence-electron chi connectivity index (χ3n) is 3.08. The van der Waals surface area contributed by atoms with Gasteiger partial charge in [0.25, 0.3) is 5.69 Å². The van der Waals surface area contributed by atoms with Gasteiger partial charge in [0.15, 0.2) is 0 Å². The monoisotopic (exact) mass is 268 g/mol. The molecule has 96 valence electrons. The highest BCUT2D eigenvalue weighted by molar-refractivity contribution is 6.17. The van der Waals surface area contributed by atoms with Gasteiger partial charge in [-0.25, -0.2) is 0 Å². The van der Waals surface area contributed by atoms with Crippen molar-refractivity contribution in [3.8, 4) is 0 Å². The minimum absolute atomic E-state index is 0.0264. The Hall–Kier alpha value is -1.62. The van der Waals surface area contributed by atoms with Crippen molar-refractivity contribution >= 4 is 28.9 Å². The molecule has 0 saturated carbocycles. The van der Waals surface area contributed by atoms with Gasteiger partial charge in [-0.1, -0.05) is 0 Å². The molecule has 1 aromatic rings. The Kier molecular flexibility index (Phi) is 3.81. The minimum atomic E-state index is -0.426. The van der Waals surface area contributed by atoms with Crippen LogP contribution in [0.25, 0.3) is 0 Å². The molecule has 1 amide bonds. The lowest BCUT2D eigenvalue weighted by Crippen LogP contribution is -2.30. The van der Waals surface area contributed by atoms with E-state index in [1.54, 1.807) is 6.07 Å². The number of nitro benzene ring substituents is 1. The van der Waals surface area contributed by atoms with Gasteiger partial charge in [0.05, 0.1) is 4.92 Å². The van der Waals surface area contributed by atoms with Crippen molar-refractivity contribution in [2.45, 2.75) is 19.3 Å². The number of halogens is 1. The van der Waals surface area contributed by atoms with E-state index in [4.69, 9.17) is 11.6 Å². The zero-order chi connectivity index (χ0) is 13.1. The van der Waals surface area contributed by atoms with Crippen LogP contribution in [-0.2, 0) is 11.2 Å². The molecule has 0 bridgehead atoms. The fourth-order valence-electron chi connectivity index (χ4n) is 2.13. The summed E-state index contributed by atoms with van der Waals surface area (Å²) in [6, 6.07) is 4.52. The van der Waals surface area contributed by atoms with E-state index in [-0.39, 0.29) is 17.5 Å². The summed E-state index contributed by atoms with van der Waals surface area (Å²) in [4.78, 5) is 22.1. The summed E-state index contributed by atoms with van der Waals surface area (Å²) in [6.45, 7) is 0. The van der Waals surface area contributed by atoms with Crippen LogP contribution in [0.1, 0.15) is 18.4 Å². The molecule has 0 spiro atoms. The van der Waals surface area contributed by atoms with Crippen molar-refractivity contribution < 1.29 is 9.72 Å². The first kappa shape index (κ1) is 12.8. The minimum Gasteiger partial charge on any atom is -0.326 e. The number of amides is 1. The Labute approximate surface area is 109 Å². The van der Waals surface area contributed by atoms with Crippen LogP contribution in [0.2, 0.25) is 0 Å². The molecule has 18 heavy (non-hydrogen) atoms. The zero-order valence-corrected chi connectivity index (χ0v) is 10.4. The molecule has 1 atom stereocenters. The van der Waals surface area contributed by atoms with E-state index in [1.807, 2.05) is 0 Å². The molecule has 1 heterocycles. The number of hydrogen-bond acceptors (Lipinski definition) is 3. The van der Waals surface area contributed by atoms with E-state index in [0.29, 0.717) is 24.4 Å². The highest BCUT2D eigenvalue weighted by atomic mass is 35.5. The molecule has 0 fully saturated rings. The Bertz CT molecular complexity index is 490. The highest BCUT2D eigenvalue weighted by Gasteiger charge is 2.26. The van der Waals surface area contributed by atoms with Gasteiger partial charge in [0.1, 0.15) is 0 Å². The topological polar surface area (TPSA) is 72.2 Å². The van der Waals surface area contributed by atoms with Gasteiger partial charge in [0.2, 0.25) is 5.91 Å². The van der Waals surface area contributed by atoms with E-state index in [9.17, 15) is 14.9 Å². The largest absolute Gasteiger partial charge is 0.326 e. The van der Waals surface area contributed by atoms with Gasteiger partial charge in [-0.3, -0.25) is 14.9 Å². The van der Waals surface area contributed by atoms with E-state index in [1.165, 1.54) is 12.1 Å². The van der Waals surface area contributed by atoms with Gasteiger partial charge in [-0.05, 0) is 30.9 Å². The first-order chi connectivity index (χ1) is 8.61. The summed E-state index contributed by atoms with van der Waals surface area (Å²) in [7, 11) is 0. The van der Waals surface area contributed by atoms with Crippen LogP contribution in [0.4, 0.5) is 11.4 Å². The second-order valence-corrected chi connectivity index (χ2v) is 4.70. The average molecular weight is 269 g/mol. The number of non-ortho nitro benzene ring substituents is 1. The molecule has 1 aliphatic heterocycles. The van der Waals surface area contributed by atoms with Crippen molar-refractivity contribution in [3.05, 3.63) is 33.9 Å². The van der Waals surface area contributed by atoms with Crippen molar-refractivity contribution in [1.29, 1.82) is 0 Å². The molecular formula is C12H13ClN2O3. The highest BCUT2D eigenvalue weighted by Crippen LogP contribution is 2.30. The van der Waals surface area contributed by atoms with E-state index in [0.717, 1.165) is 12.0 Å². The number of alkyl halides is 1. The predicted octanol–water partition coefficient (Wildman–Crippen LogP) is 2.72. The van der Waals surface area contributed by atoms with Crippen LogP contribution >= 0.6 is 11.6 Å². The van der Waals surface area contributed by atoms with Crippen molar-refractivity contribution in [2.75, 3.05) is 11.2 Å². The molecule has 1 aliphatic rings. The van der Waals surface area contributed by atoms with Gasteiger partial charge in [-0.2, -0.15) is 0 Å². The first-order valence-corrected chi connectivity index (χ1v) is 6.29. The third kappa shape index (κ3) is 2.61. The van der Waals surface area contributed by atoms with Crippen LogP contribution in [0.3, 0.4) is 0 Å². The van der Waals surface area contributed by atoms with Crippen LogP contribution < -0.4 is 5.32 Å². The molecule has 0 radical (unpaired) electrons. The predicted molar refractivity (Wildman–Crippen MR) is 68.9 cm³/mol. The third-order valence-corrected chi connectivity index (χ3v) is 3.35. The molecule has 1 unspecified atom stereocenters. The molecule has 6 heteroatoms. The summed E-state index contributed by atoms with van der Waals surface area (Å²) in [5.41, 5.74) is 1.55. The van der Waals surface area contributed by atoms with Crippen LogP contribution in [0, 0.1) is 16.0 Å². The molecule has 0 aromatic heterocycles. The number of fused-ring (bicyclic) bond motifs is 1. The SMILES string of the molecule is O=C1Nc2ccc([N+](=O)[O-])cc2CC1CCCCl. The fraction of sp³-hybridized carbons (Fsp3) is 0.417. The zero-order valence-electron chi connectivity index (χ0n) is 9.69. The quantitative estimate of drug-likeness (QED) is 0.518. The normalized spacial score (nSPS) is 18.1. The number of carbonyl (C=O) groups is 1. The molecule has 5 nitrogen and oxygen atoms in total. The smallest absolute Gasteiger partial charge is 0.269 e. The lowest BCUT2D eigenvalue weighted by Gasteiger charge is -2.24. The number of nitrogens with one attached hydrogen (secondary N) is 1. The lowest BCUT2D eigenvalue weighted by molar-refractivity contribution is -0.384. The van der Waals surface area contributed by atoms with Gasteiger partial charge in [0, 0.05) is 29.6 Å². The Balaban J connectivity index is 2.21.